The summed E-state index contributed by atoms with van der Waals surface area (Å²) >= 11 is 1.41. The number of nitrogens with zero attached hydrogens (tertiary/aromatic N) is 1. The van der Waals surface area contributed by atoms with Gasteiger partial charge in [0.25, 0.3) is 5.91 Å². The molecule has 3 aromatic rings. The van der Waals surface area contributed by atoms with E-state index in [1.54, 1.807) is 19.1 Å². The van der Waals surface area contributed by atoms with Crippen LogP contribution in [-0.2, 0) is 0 Å². The summed E-state index contributed by atoms with van der Waals surface area (Å²) in [6.07, 6.45) is -4.48. The number of thiophene rings is 1. The third-order valence-electron chi connectivity index (χ3n) is 3.27. The molecular weight excluding hydrogens is 369 g/mol. The van der Waals surface area contributed by atoms with E-state index in [-0.39, 0.29) is 17.1 Å². The summed E-state index contributed by atoms with van der Waals surface area (Å²) in [5, 5.41) is 4.36. The standard InChI is InChI=1S/C17H13F3N2O3S/c1-10-14(22-16(25-10)13-7-4-8-26-13)15(23)21-11-5-2-3-6-12(11)24-9-17(18,19)20/h2-8H,9H2,1H3,(H,21,23). The summed E-state index contributed by atoms with van der Waals surface area (Å²) < 4.78 is 47.3. The first-order valence-electron chi connectivity index (χ1n) is 7.45. The van der Waals surface area contributed by atoms with Crippen molar-refractivity contribution < 1.29 is 27.1 Å². The fourth-order valence-electron chi connectivity index (χ4n) is 2.15. The first-order valence-corrected chi connectivity index (χ1v) is 8.33. The number of para-hydroxylation sites is 2. The zero-order chi connectivity index (χ0) is 18.7. The van der Waals surface area contributed by atoms with Crippen LogP contribution in [0.25, 0.3) is 10.8 Å². The Labute approximate surface area is 150 Å². The van der Waals surface area contributed by atoms with Crippen molar-refractivity contribution in [2.24, 2.45) is 0 Å². The van der Waals surface area contributed by atoms with Crippen LogP contribution in [0.2, 0.25) is 0 Å². The molecule has 0 aliphatic heterocycles. The second-order valence-electron chi connectivity index (χ2n) is 5.26. The van der Waals surface area contributed by atoms with Gasteiger partial charge >= 0.3 is 6.18 Å². The van der Waals surface area contributed by atoms with Crippen LogP contribution in [0, 0.1) is 6.92 Å². The second-order valence-corrected chi connectivity index (χ2v) is 6.20. The summed E-state index contributed by atoms with van der Waals surface area (Å²) in [5.74, 6) is -0.0706. The number of hydrogen-bond donors (Lipinski definition) is 1. The minimum absolute atomic E-state index is 0.0547. The Morgan fingerprint density at radius 1 is 1.27 bits per heavy atom. The zero-order valence-electron chi connectivity index (χ0n) is 13.5. The van der Waals surface area contributed by atoms with Crippen molar-refractivity contribution >= 4 is 22.9 Å². The Morgan fingerprint density at radius 3 is 2.73 bits per heavy atom. The van der Waals surface area contributed by atoms with Crippen molar-refractivity contribution in [3.63, 3.8) is 0 Å². The van der Waals surface area contributed by atoms with Gasteiger partial charge in [-0.15, -0.1) is 11.3 Å². The molecule has 2 aromatic heterocycles. The van der Waals surface area contributed by atoms with Crippen molar-refractivity contribution in [2.45, 2.75) is 13.1 Å². The summed E-state index contributed by atoms with van der Waals surface area (Å²) in [6, 6.07) is 9.50. The number of rotatable bonds is 5. The van der Waals surface area contributed by atoms with Gasteiger partial charge in [-0.1, -0.05) is 18.2 Å². The van der Waals surface area contributed by atoms with Crippen LogP contribution in [-0.4, -0.2) is 23.7 Å². The predicted molar refractivity (Wildman–Crippen MR) is 90.5 cm³/mol. The highest BCUT2D eigenvalue weighted by Crippen LogP contribution is 2.29. The van der Waals surface area contributed by atoms with Crippen LogP contribution in [0.5, 0.6) is 5.75 Å². The van der Waals surface area contributed by atoms with Crippen LogP contribution in [0.3, 0.4) is 0 Å². The van der Waals surface area contributed by atoms with Gasteiger partial charge in [0.1, 0.15) is 11.5 Å². The maximum atomic E-state index is 12.5. The van der Waals surface area contributed by atoms with Gasteiger partial charge in [0.15, 0.2) is 12.3 Å². The largest absolute Gasteiger partial charge is 0.482 e. The molecule has 3 rings (SSSR count). The number of alkyl halides is 3. The van der Waals surface area contributed by atoms with E-state index in [9.17, 15) is 18.0 Å². The minimum atomic E-state index is -4.48. The van der Waals surface area contributed by atoms with Gasteiger partial charge < -0.3 is 14.5 Å². The molecule has 1 aromatic carbocycles. The van der Waals surface area contributed by atoms with Gasteiger partial charge in [-0.3, -0.25) is 4.79 Å². The fraction of sp³-hybridized carbons (Fsp3) is 0.176. The molecule has 1 N–H and O–H groups in total. The molecule has 26 heavy (non-hydrogen) atoms. The molecule has 0 aliphatic carbocycles. The number of oxazole rings is 1. The average molecular weight is 382 g/mol. The number of benzene rings is 1. The number of nitrogens with one attached hydrogen (secondary N) is 1. The molecule has 136 valence electrons. The molecular formula is C17H13F3N2O3S. The molecule has 0 fully saturated rings. The molecule has 0 unspecified atom stereocenters. The van der Waals surface area contributed by atoms with Crippen LogP contribution >= 0.6 is 11.3 Å². The van der Waals surface area contributed by atoms with Gasteiger partial charge in [-0.25, -0.2) is 4.98 Å². The Hall–Kier alpha value is -2.81. The molecule has 0 radical (unpaired) electrons. The normalized spacial score (nSPS) is 11.4. The minimum Gasteiger partial charge on any atom is -0.482 e. The van der Waals surface area contributed by atoms with Gasteiger partial charge in [0, 0.05) is 0 Å². The Bertz CT molecular complexity index is 904. The van der Waals surface area contributed by atoms with Gasteiger partial charge in [-0.2, -0.15) is 13.2 Å². The third-order valence-corrected chi connectivity index (χ3v) is 4.13. The summed E-state index contributed by atoms with van der Waals surface area (Å²) in [4.78, 5) is 17.4. The highest BCUT2D eigenvalue weighted by atomic mass is 32.1. The summed E-state index contributed by atoms with van der Waals surface area (Å²) in [5.41, 5.74) is 0.167. The van der Waals surface area contributed by atoms with Crippen molar-refractivity contribution in [1.82, 2.24) is 4.98 Å². The smallest absolute Gasteiger partial charge is 0.422 e. The molecule has 2 heterocycles. The van der Waals surface area contributed by atoms with Crippen molar-refractivity contribution in [2.75, 3.05) is 11.9 Å². The van der Waals surface area contributed by atoms with Gasteiger partial charge in [0.05, 0.1) is 10.6 Å². The number of carbonyl (C=O) groups excluding carboxylic acids is 1. The van der Waals surface area contributed by atoms with E-state index in [1.165, 1.54) is 29.5 Å². The lowest BCUT2D eigenvalue weighted by molar-refractivity contribution is -0.153. The predicted octanol–water partition coefficient (Wildman–Crippen LogP) is 4.90. The van der Waals surface area contributed by atoms with Crippen LogP contribution < -0.4 is 10.1 Å². The lowest BCUT2D eigenvalue weighted by Gasteiger charge is -2.13. The van der Waals surface area contributed by atoms with Crippen molar-refractivity contribution in [1.29, 1.82) is 0 Å². The van der Waals surface area contributed by atoms with Gasteiger partial charge in [0.2, 0.25) is 5.89 Å². The van der Waals surface area contributed by atoms with Crippen LogP contribution in [0.1, 0.15) is 16.2 Å². The fourth-order valence-corrected chi connectivity index (χ4v) is 2.80. The van der Waals surface area contributed by atoms with E-state index in [2.05, 4.69) is 10.3 Å². The topological polar surface area (TPSA) is 64.4 Å². The number of amides is 1. The molecule has 9 heteroatoms. The Morgan fingerprint density at radius 2 is 2.04 bits per heavy atom. The van der Waals surface area contributed by atoms with E-state index < -0.39 is 18.7 Å². The number of anilines is 1. The second kappa shape index (κ2) is 7.20. The van der Waals surface area contributed by atoms with Crippen molar-refractivity contribution in [3.05, 3.63) is 53.2 Å². The van der Waals surface area contributed by atoms with Gasteiger partial charge in [-0.05, 0) is 30.5 Å². The van der Waals surface area contributed by atoms with E-state index >= 15 is 0 Å². The first-order chi connectivity index (χ1) is 12.3. The van der Waals surface area contributed by atoms with Crippen LogP contribution in [0.15, 0.2) is 46.2 Å². The maximum absolute atomic E-state index is 12.5. The lowest BCUT2D eigenvalue weighted by atomic mass is 10.2. The Kier molecular flexibility index (Phi) is 4.99. The SMILES string of the molecule is Cc1oc(-c2cccs2)nc1C(=O)Nc1ccccc1OCC(F)(F)F. The number of aromatic nitrogens is 1. The Balaban J connectivity index is 1.79. The molecule has 0 bridgehead atoms. The third kappa shape index (κ3) is 4.23. The molecule has 0 saturated carbocycles. The number of carbonyl (C=O) groups is 1. The molecule has 0 saturated heterocycles. The van der Waals surface area contributed by atoms with E-state index in [0.29, 0.717) is 11.7 Å². The monoisotopic (exact) mass is 382 g/mol. The summed E-state index contributed by atoms with van der Waals surface area (Å²) in [6.45, 7) is 0.135. The highest BCUT2D eigenvalue weighted by Gasteiger charge is 2.29. The van der Waals surface area contributed by atoms with Crippen molar-refractivity contribution in [3.8, 4) is 16.5 Å². The molecule has 5 nitrogen and oxygen atoms in total. The lowest BCUT2D eigenvalue weighted by Crippen LogP contribution is -2.20. The van der Waals surface area contributed by atoms with Crippen LogP contribution in [0.4, 0.5) is 18.9 Å². The molecule has 0 atom stereocenters. The first kappa shape index (κ1) is 18.0. The highest BCUT2D eigenvalue weighted by molar-refractivity contribution is 7.13. The van der Waals surface area contributed by atoms with E-state index in [4.69, 9.17) is 9.15 Å². The number of ether oxygens (including phenoxy) is 1. The molecule has 1 amide bonds. The van der Waals surface area contributed by atoms with E-state index in [0.717, 1.165) is 4.88 Å². The maximum Gasteiger partial charge on any atom is 0.422 e. The average Bonchev–Trinajstić information content (AvgIpc) is 3.22. The van der Waals surface area contributed by atoms with E-state index in [1.807, 2.05) is 11.4 Å². The quantitative estimate of drug-likeness (QED) is 0.681. The number of aryl methyl sites for hydroxylation is 1. The summed E-state index contributed by atoms with van der Waals surface area (Å²) in [7, 11) is 0. The zero-order valence-corrected chi connectivity index (χ0v) is 14.3. The molecule has 0 spiro atoms. The number of halogens is 3. The molecule has 0 aliphatic rings. The number of hydrogen-bond acceptors (Lipinski definition) is 5.